The Balaban J connectivity index is 1.56. The second kappa shape index (κ2) is 4.80. The smallest absolute Gasteiger partial charge is 0.0934 e. The summed E-state index contributed by atoms with van der Waals surface area (Å²) >= 11 is 7.76. The number of halogens is 1. The SMILES string of the molecule is Clc1cc2c(s1)CCC2NCCc1cnc[nH]1. The topological polar surface area (TPSA) is 40.7 Å². The van der Waals surface area contributed by atoms with E-state index in [1.165, 1.54) is 22.6 Å². The first-order valence-electron chi connectivity index (χ1n) is 5.81. The van der Waals surface area contributed by atoms with Crippen LogP contribution in [0.15, 0.2) is 18.6 Å². The molecule has 1 aliphatic carbocycles. The van der Waals surface area contributed by atoms with E-state index >= 15 is 0 Å². The van der Waals surface area contributed by atoms with Crippen LogP contribution in [0.4, 0.5) is 0 Å². The number of aryl methyl sites for hydroxylation is 1. The van der Waals surface area contributed by atoms with Gasteiger partial charge in [-0.05, 0) is 24.5 Å². The molecule has 3 rings (SSSR count). The predicted molar refractivity (Wildman–Crippen MR) is 70.7 cm³/mol. The number of nitrogens with zero attached hydrogens (tertiary/aromatic N) is 1. The third-order valence-electron chi connectivity index (χ3n) is 3.19. The van der Waals surface area contributed by atoms with Crippen molar-refractivity contribution in [2.24, 2.45) is 0 Å². The molecule has 2 aromatic heterocycles. The Kier molecular flexibility index (Phi) is 3.18. The van der Waals surface area contributed by atoms with Gasteiger partial charge in [0.25, 0.3) is 0 Å². The Hall–Kier alpha value is -0.840. The molecule has 2 heterocycles. The van der Waals surface area contributed by atoms with Gasteiger partial charge in [0.15, 0.2) is 0 Å². The molecule has 0 radical (unpaired) electrons. The van der Waals surface area contributed by atoms with Gasteiger partial charge in [-0.15, -0.1) is 11.3 Å². The number of aromatic amines is 1. The number of H-pyrrole nitrogens is 1. The van der Waals surface area contributed by atoms with Crippen LogP contribution in [0.3, 0.4) is 0 Å². The van der Waals surface area contributed by atoms with Crippen molar-refractivity contribution in [1.29, 1.82) is 0 Å². The Morgan fingerprint density at radius 2 is 2.53 bits per heavy atom. The van der Waals surface area contributed by atoms with Gasteiger partial charge in [-0.25, -0.2) is 4.98 Å². The van der Waals surface area contributed by atoms with E-state index in [0.717, 1.165) is 23.7 Å². The van der Waals surface area contributed by atoms with E-state index in [2.05, 4.69) is 21.4 Å². The normalized spacial score (nSPS) is 18.5. The summed E-state index contributed by atoms with van der Waals surface area (Å²) in [6.45, 7) is 0.972. The highest BCUT2D eigenvalue weighted by molar-refractivity contribution is 7.16. The first kappa shape index (κ1) is 11.3. The maximum absolute atomic E-state index is 6.04. The van der Waals surface area contributed by atoms with Gasteiger partial charge in [0.05, 0.1) is 10.7 Å². The summed E-state index contributed by atoms with van der Waals surface area (Å²) in [5, 5.41) is 3.59. The summed E-state index contributed by atoms with van der Waals surface area (Å²) in [4.78, 5) is 8.58. The molecule has 1 atom stereocenters. The third-order valence-corrected chi connectivity index (χ3v) is 4.53. The number of hydrogen-bond acceptors (Lipinski definition) is 3. The fourth-order valence-corrected chi connectivity index (χ4v) is 3.70. The Morgan fingerprint density at radius 3 is 3.35 bits per heavy atom. The minimum atomic E-state index is 0.483. The molecule has 2 aromatic rings. The van der Waals surface area contributed by atoms with Gasteiger partial charge < -0.3 is 10.3 Å². The molecule has 0 bridgehead atoms. The summed E-state index contributed by atoms with van der Waals surface area (Å²) in [6, 6.07) is 2.60. The molecule has 0 spiro atoms. The monoisotopic (exact) mass is 267 g/mol. The van der Waals surface area contributed by atoms with E-state index in [1.54, 1.807) is 17.7 Å². The molecule has 0 saturated carbocycles. The van der Waals surface area contributed by atoms with Crippen molar-refractivity contribution in [3.8, 4) is 0 Å². The Bertz CT molecular complexity index is 492. The standard InChI is InChI=1S/C12H14ClN3S/c13-12-5-9-10(1-2-11(9)17-12)15-4-3-8-6-14-7-16-8/h5-7,10,15H,1-4H2,(H,14,16). The van der Waals surface area contributed by atoms with Crippen LogP contribution in [0.2, 0.25) is 4.34 Å². The minimum Gasteiger partial charge on any atom is -0.348 e. The molecule has 0 amide bonds. The third kappa shape index (κ3) is 2.39. The van der Waals surface area contributed by atoms with Gasteiger partial charge in [-0.3, -0.25) is 0 Å². The average Bonchev–Trinajstić information content (AvgIpc) is 2.97. The molecule has 90 valence electrons. The summed E-state index contributed by atoms with van der Waals surface area (Å²) in [6.07, 6.45) is 6.95. The molecule has 1 unspecified atom stereocenters. The Labute approximate surface area is 109 Å². The van der Waals surface area contributed by atoms with E-state index in [1.807, 2.05) is 6.20 Å². The summed E-state index contributed by atoms with van der Waals surface area (Å²) in [7, 11) is 0. The Morgan fingerprint density at radius 1 is 1.59 bits per heavy atom. The van der Waals surface area contributed by atoms with Gasteiger partial charge in [0, 0.05) is 35.8 Å². The zero-order chi connectivity index (χ0) is 11.7. The van der Waals surface area contributed by atoms with Crippen molar-refractivity contribution in [2.75, 3.05) is 6.54 Å². The molecule has 2 N–H and O–H groups in total. The van der Waals surface area contributed by atoms with E-state index < -0.39 is 0 Å². The largest absolute Gasteiger partial charge is 0.348 e. The number of hydrogen-bond donors (Lipinski definition) is 2. The van der Waals surface area contributed by atoms with E-state index in [0.29, 0.717) is 6.04 Å². The van der Waals surface area contributed by atoms with Gasteiger partial charge in [-0.2, -0.15) is 0 Å². The van der Waals surface area contributed by atoms with E-state index in [-0.39, 0.29) is 0 Å². The molecular formula is C12H14ClN3S. The summed E-state index contributed by atoms with van der Waals surface area (Å²) < 4.78 is 0.912. The molecule has 5 heteroatoms. The number of imidazole rings is 1. The zero-order valence-corrected chi connectivity index (χ0v) is 10.9. The van der Waals surface area contributed by atoms with Gasteiger partial charge in [0.2, 0.25) is 0 Å². The van der Waals surface area contributed by atoms with Crippen molar-refractivity contribution in [2.45, 2.75) is 25.3 Å². The first-order valence-corrected chi connectivity index (χ1v) is 7.01. The highest BCUT2D eigenvalue weighted by atomic mass is 35.5. The summed E-state index contributed by atoms with van der Waals surface area (Å²) in [5.74, 6) is 0. The van der Waals surface area contributed by atoms with Crippen molar-refractivity contribution in [3.05, 3.63) is 39.1 Å². The fourth-order valence-electron chi connectivity index (χ4n) is 2.34. The number of fused-ring (bicyclic) bond motifs is 1. The number of rotatable bonds is 4. The molecular weight excluding hydrogens is 254 g/mol. The lowest BCUT2D eigenvalue weighted by Crippen LogP contribution is -2.21. The van der Waals surface area contributed by atoms with E-state index in [4.69, 9.17) is 11.6 Å². The van der Waals surface area contributed by atoms with Gasteiger partial charge in [0.1, 0.15) is 0 Å². The molecule has 17 heavy (non-hydrogen) atoms. The number of thiophene rings is 1. The van der Waals surface area contributed by atoms with Crippen LogP contribution >= 0.6 is 22.9 Å². The van der Waals surface area contributed by atoms with Crippen molar-refractivity contribution >= 4 is 22.9 Å². The van der Waals surface area contributed by atoms with Gasteiger partial charge >= 0.3 is 0 Å². The van der Waals surface area contributed by atoms with Crippen LogP contribution in [0.1, 0.15) is 28.6 Å². The highest BCUT2D eigenvalue weighted by Gasteiger charge is 2.24. The quantitative estimate of drug-likeness (QED) is 0.894. The predicted octanol–water partition coefficient (Wildman–Crippen LogP) is 2.94. The first-order chi connectivity index (χ1) is 8.33. The summed E-state index contributed by atoms with van der Waals surface area (Å²) in [5.41, 5.74) is 2.59. The van der Waals surface area contributed by atoms with Crippen molar-refractivity contribution in [1.82, 2.24) is 15.3 Å². The van der Waals surface area contributed by atoms with Gasteiger partial charge in [-0.1, -0.05) is 11.6 Å². The lowest BCUT2D eigenvalue weighted by molar-refractivity contribution is 0.532. The van der Waals surface area contributed by atoms with Crippen LogP contribution in [-0.4, -0.2) is 16.5 Å². The van der Waals surface area contributed by atoms with Crippen molar-refractivity contribution in [3.63, 3.8) is 0 Å². The molecule has 0 fully saturated rings. The molecule has 0 aliphatic heterocycles. The highest BCUT2D eigenvalue weighted by Crippen LogP contribution is 2.39. The van der Waals surface area contributed by atoms with Crippen molar-refractivity contribution < 1.29 is 0 Å². The second-order valence-electron chi connectivity index (χ2n) is 4.30. The lowest BCUT2D eigenvalue weighted by Gasteiger charge is -2.12. The maximum atomic E-state index is 6.04. The zero-order valence-electron chi connectivity index (χ0n) is 9.37. The van der Waals surface area contributed by atoms with Crippen LogP contribution in [-0.2, 0) is 12.8 Å². The van der Waals surface area contributed by atoms with Crippen LogP contribution in [0, 0.1) is 0 Å². The molecule has 3 nitrogen and oxygen atoms in total. The van der Waals surface area contributed by atoms with E-state index in [9.17, 15) is 0 Å². The van der Waals surface area contributed by atoms with Crippen LogP contribution < -0.4 is 5.32 Å². The number of nitrogens with one attached hydrogen (secondary N) is 2. The fraction of sp³-hybridized carbons (Fsp3) is 0.417. The second-order valence-corrected chi connectivity index (χ2v) is 6.07. The molecule has 1 aliphatic rings. The lowest BCUT2D eigenvalue weighted by atomic mass is 10.1. The minimum absolute atomic E-state index is 0.483. The number of aromatic nitrogens is 2. The molecule has 0 saturated heterocycles. The van der Waals surface area contributed by atoms with Crippen LogP contribution in [0.25, 0.3) is 0 Å². The molecule has 0 aromatic carbocycles. The average molecular weight is 268 g/mol. The van der Waals surface area contributed by atoms with Crippen LogP contribution in [0.5, 0.6) is 0 Å². The maximum Gasteiger partial charge on any atom is 0.0934 e.